The van der Waals surface area contributed by atoms with Gasteiger partial charge in [0, 0.05) is 18.7 Å². The molecule has 0 saturated carbocycles. The summed E-state index contributed by atoms with van der Waals surface area (Å²) in [5.41, 5.74) is -0.197. The van der Waals surface area contributed by atoms with Crippen LogP contribution in [-0.4, -0.2) is 33.6 Å². The van der Waals surface area contributed by atoms with Gasteiger partial charge in [0.25, 0.3) is 5.56 Å². The summed E-state index contributed by atoms with van der Waals surface area (Å²) >= 11 is 0. The Kier molecular flexibility index (Phi) is 3.64. The van der Waals surface area contributed by atoms with Crippen molar-refractivity contribution in [1.82, 2.24) is 9.97 Å². The number of nitrogens with zero attached hydrogens (tertiary/aromatic N) is 2. The average Bonchev–Trinajstić information content (AvgIpc) is 2.27. The predicted octanol–water partition coefficient (Wildman–Crippen LogP) is 0.912. The quantitative estimate of drug-likeness (QED) is 0.834. The first-order chi connectivity index (χ1) is 8.56. The zero-order chi connectivity index (χ0) is 13.1. The van der Waals surface area contributed by atoms with E-state index in [4.69, 9.17) is 5.11 Å². The smallest absolute Gasteiger partial charge is 0.305 e. The van der Waals surface area contributed by atoms with Gasteiger partial charge in [0.2, 0.25) is 0 Å². The minimum Gasteiger partial charge on any atom is -0.481 e. The van der Waals surface area contributed by atoms with E-state index in [0.717, 1.165) is 25.8 Å². The molecule has 1 aliphatic rings. The number of carboxylic acids is 1. The van der Waals surface area contributed by atoms with Crippen molar-refractivity contribution in [3.8, 4) is 0 Å². The van der Waals surface area contributed by atoms with Crippen LogP contribution in [0.15, 0.2) is 10.9 Å². The second kappa shape index (κ2) is 5.20. The number of hydrogen-bond acceptors (Lipinski definition) is 4. The van der Waals surface area contributed by atoms with Crippen molar-refractivity contribution in [2.45, 2.75) is 38.6 Å². The van der Waals surface area contributed by atoms with Crippen LogP contribution < -0.4 is 10.5 Å². The van der Waals surface area contributed by atoms with Gasteiger partial charge in [-0.05, 0) is 26.2 Å². The molecule has 0 radical (unpaired) electrons. The van der Waals surface area contributed by atoms with Gasteiger partial charge in [0.15, 0.2) is 0 Å². The molecule has 18 heavy (non-hydrogen) atoms. The Bertz CT molecular complexity index is 498. The van der Waals surface area contributed by atoms with E-state index in [-0.39, 0.29) is 18.0 Å². The second-order valence-electron chi connectivity index (χ2n) is 4.63. The molecule has 1 aromatic heterocycles. The highest BCUT2D eigenvalue weighted by atomic mass is 16.4. The molecule has 1 atom stereocenters. The van der Waals surface area contributed by atoms with Gasteiger partial charge in [-0.1, -0.05) is 0 Å². The summed E-state index contributed by atoms with van der Waals surface area (Å²) in [6.45, 7) is 2.48. The monoisotopic (exact) mass is 251 g/mol. The molecule has 1 fully saturated rings. The standard InChI is InChI=1S/C12H17N3O3/c1-8-13-10(7-11(16)14-8)15-5-3-2-4-9(15)6-12(17)18/h7,9H,2-6H2,1H3,(H,17,18)(H,13,14,16). The van der Waals surface area contributed by atoms with Crippen LogP contribution in [-0.2, 0) is 4.79 Å². The minimum absolute atomic E-state index is 0.0649. The number of aromatic amines is 1. The molecule has 1 aliphatic heterocycles. The molecule has 2 rings (SSSR count). The van der Waals surface area contributed by atoms with Crippen LogP contribution in [0.4, 0.5) is 5.82 Å². The van der Waals surface area contributed by atoms with Crippen molar-refractivity contribution < 1.29 is 9.90 Å². The lowest BCUT2D eigenvalue weighted by Gasteiger charge is -2.35. The summed E-state index contributed by atoms with van der Waals surface area (Å²) in [4.78, 5) is 31.1. The number of aromatic nitrogens is 2. The molecule has 1 aromatic rings. The van der Waals surface area contributed by atoms with Gasteiger partial charge in [-0.15, -0.1) is 0 Å². The molecule has 2 N–H and O–H groups in total. The van der Waals surface area contributed by atoms with Crippen LogP contribution in [0.2, 0.25) is 0 Å². The highest BCUT2D eigenvalue weighted by Crippen LogP contribution is 2.24. The first kappa shape index (κ1) is 12.6. The summed E-state index contributed by atoms with van der Waals surface area (Å²) in [6, 6.07) is 1.37. The largest absolute Gasteiger partial charge is 0.481 e. The summed E-state index contributed by atoms with van der Waals surface area (Å²) in [6.07, 6.45) is 2.95. The Labute approximate surface area is 105 Å². The lowest BCUT2D eigenvalue weighted by Crippen LogP contribution is -2.42. The SMILES string of the molecule is Cc1nc(N2CCCCC2CC(=O)O)cc(=O)[nH]1. The summed E-state index contributed by atoms with van der Waals surface area (Å²) in [5, 5.41) is 8.92. The van der Waals surface area contributed by atoms with E-state index in [1.807, 2.05) is 4.90 Å². The Morgan fingerprint density at radius 3 is 3.06 bits per heavy atom. The Hall–Kier alpha value is -1.85. The van der Waals surface area contributed by atoms with Gasteiger partial charge in [0.1, 0.15) is 11.6 Å². The van der Waals surface area contributed by atoms with E-state index >= 15 is 0 Å². The minimum atomic E-state index is -0.812. The van der Waals surface area contributed by atoms with Crippen molar-refractivity contribution >= 4 is 11.8 Å². The van der Waals surface area contributed by atoms with E-state index in [1.165, 1.54) is 6.07 Å². The number of piperidine rings is 1. The van der Waals surface area contributed by atoms with Crippen LogP contribution in [0, 0.1) is 6.92 Å². The van der Waals surface area contributed by atoms with Crippen molar-refractivity contribution in [2.24, 2.45) is 0 Å². The van der Waals surface area contributed by atoms with E-state index in [0.29, 0.717) is 11.6 Å². The van der Waals surface area contributed by atoms with Crippen molar-refractivity contribution in [2.75, 3.05) is 11.4 Å². The highest BCUT2D eigenvalue weighted by molar-refractivity contribution is 5.68. The summed E-state index contributed by atoms with van der Waals surface area (Å²) in [5.74, 6) is 0.327. The third-order valence-electron chi connectivity index (χ3n) is 3.18. The Morgan fingerprint density at radius 1 is 1.61 bits per heavy atom. The van der Waals surface area contributed by atoms with Crippen LogP contribution in [0.1, 0.15) is 31.5 Å². The maximum atomic E-state index is 11.4. The van der Waals surface area contributed by atoms with E-state index in [2.05, 4.69) is 9.97 Å². The topological polar surface area (TPSA) is 86.3 Å². The molecule has 2 heterocycles. The molecular formula is C12H17N3O3. The molecule has 1 unspecified atom stereocenters. The number of anilines is 1. The Balaban J connectivity index is 2.27. The van der Waals surface area contributed by atoms with Crippen molar-refractivity contribution in [1.29, 1.82) is 0 Å². The van der Waals surface area contributed by atoms with Crippen LogP contribution in [0.25, 0.3) is 0 Å². The normalized spacial score (nSPS) is 19.8. The van der Waals surface area contributed by atoms with Crippen molar-refractivity contribution in [3.63, 3.8) is 0 Å². The first-order valence-electron chi connectivity index (χ1n) is 6.12. The number of aryl methyl sites for hydroxylation is 1. The fraction of sp³-hybridized carbons (Fsp3) is 0.583. The average molecular weight is 251 g/mol. The number of carboxylic acid groups (broad SMARTS) is 1. The third-order valence-corrected chi connectivity index (χ3v) is 3.18. The van der Waals surface area contributed by atoms with Gasteiger partial charge in [-0.2, -0.15) is 0 Å². The molecule has 6 heteroatoms. The number of aliphatic carboxylic acids is 1. The summed E-state index contributed by atoms with van der Waals surface area (Å²) in [7, 11) is 0. The zero-order valence-corrected chi connectivity index (χ0v) is 10.3. The molecule has 0 amide bonds. The number of rotatable bonds is 3. The predicted molar refractivity (Wildman–Crippen MR) is 66.8 cm³/mol. The molecule has 0 bridgehead atoms. The second-order valence-corrected chi connectivity index (χ2v) is 4.63. The maximum Gasteiger partial charge on any atom is 0.305 e. The van der Waals surface area contributed by atoms with Gasteiger partial charge in [0.05, 0.1) is 6.42 Å². The fourth-order valence-corrected chi connectivity index (χ4v) is 2.43. The molecule has 98 valence electrons. The molecule has 6 nitrogen and oxygen atoms in total. The number of nitrogens with one attached hydrogen (secondary N) is 1. The number of hydrogen-bond donors (Lipinski definition) is 2. The number of carbonyl (C=O) groups is 1. The Morgan fingerprint density at radius 2 is 2.39 bits per heavy atom. The zero-order valence-electron chi connectivity index (χ0n) is 10.3. The van der Waals surface area contributed by atoms with Gasteiger partial charge >= 0.3 is 5.97 Å². The van der Waals surface area contributed by atoms with Gasteiger partial charge < -0.3 is 15.0 Å². The number of H-pyrrole nitrogens is 1. The lowest BCUT2D eigenvalue weighted by atomic mass is 9.99. The van der Waals surface area contributed by atoms with E-state index in [9.17, 15) is 9.59 Å². The third kappa shape index (κ3) is 2.88. The molecule has 0 aromatic carbocycles. The first-order valence-corrected chi connectivity index (χ1v) is 6.12. The van der Waals surface area contributed by atoms with Crippen LogP contribution in [0.5, 0.6) is 0 Å². The fourth-order valence-electron chi connectivity index (χ4n) is 2.43. The van der Waals surface area contributed by atoms with Gasteiger partial charge in [-0.3, -0.25) is 9.59 Å². The van der Waals surface area contributed by atoms with E-state index < -0.39 is 5.97 Å². The van der Waals surface area contributed by atoms with Crippen LogP contribution >= 0.6 is 0 Å². The molecule has 0 aliphatic carbocycles. The molecular weight excluding hydrogens is 234 g/mol. The summed E-state index contributed by atoms with van der Waals surface area (Å²) < 4.78 is 0. The highest BCUT2D eigenvalue weighted by Gasteiger charge is 2.26. The lowest BCUT2D eigenvalue weighted by molar-refractivity contribution is -0.137. The van der Waals surface area contributed by atoms with Crippen molar-refractivity contribution in [3.05, 3.63) is 22.2 Å². The molecule has 0 spiro atoms. The van der Waals surface area contributed by atoms with Crippen LogP contribution in [0.3, 0.4) is 0 Å². The molecule has 1 saturated heterocycles. The maximum absolute atomic E-state index is 11.4. The van der Waals surface area contributed by atoms with E-state index in [1.54, 1.807) is 6.92 Å². The van der Waals surface area contributed by atoms with Gasteiger partial charge in [-0.25, -0.2) is 4.98 Å².